The lowest BCUT2D eigenvalue weighted by Gasteiger charge is -2.71. The maximum absolute atomic E-state index is 13.3. The van der Waals surface area contributed by atoms with Crippen LogP contribution in [0.1, 0.15) is 107 Å². The molecule has 22 nitrogen and oxygen atoms in total. The van der Waals surface area contributed by atoms with Gasteiger partial charge in [-0.15, -0.1) is 0 Å². The summed E-state index contributed by atoms with van der Waals surface area (Å²) in [5, 5.41) is 143. The summed E-state index contributed by atoms with van der Waals surface area (Å²) in [4.78, 5) is 13.3. The summed E-state index contributed by atoms with van der Waals surface area (Å²) in [6.07, 6.45) is -25.2. The van der Waals surface area contributed by atoms with Gasteiger partial charge in [0.05, 0.1) is 49.7 Å². The van der Waals surface area contributed by atoms with Gasteiger partial charge in [0.2, 0.25) is 0 Å². The van der Waals surface area contributed by atoms with Crippen LogP contribution in [0.4, 0.5) is 0 Å². The third-order valence-corrected chi connectivity index (χ3v) is 20.8. The number of carboxylic acid groups (broad SMARTS) is 1. The van der Waals surface area contributed by atoms with Crippen molar-refractivity contribution in [2.75, 3.05) is 19.8 Å². The molecule has 28 atom stereocenters. The van der Waals surface area contributed by atoms with Gasteiger partial charge in [-0.05, 0) is 103 Å². The van der Waals surface area contributed by atoms with Gasteiger partial charge >= 0.3 is 5.97 Å². The smallest absolute Gasteiger partial charge is 0.310 e. The van der Waals surface area contributed by atoms with E-state index in [2.05, 4.69) is 26.8 Å². The van der Waals surface area contributed by atoms with Crippen LogP contribution in [-0.2, 0) is 42.7 Å². The lowest BCUT2D eigenvalue weighted by Crippen LogP contribution is -2.69. The molecular weight excluding hydrogens is 977 g/mol. The normalized spacial score (nSPS) is 55.2. The molecule has 0 aromatic rings. The van der Waals surface area contributed by atoms with Crippen LogP contribution in [0.2, 0.25) is 0 Å². The van der Waals surface area contributed by atoms with Crippen LogP contribution in [0, 0.1) is 50.2 Å². The number of aliphatic hydroxyl groups excluding tert-OH is 12. The molecule has 9 aliphatic rings. The van der Waals surface area contributed by atoms with E-state index in [-0.39, 0.29) is 35.0 Å². The number of fused-ring (bicyclic) bond motifs is 7. The van der Waals surface area contributed by atoms with Gasteiger partial charge < -0.3 is 104 Å². The molecule has 4 saturated carbocycles. The van der Waals surface area contributed by atoms with Gasteiger partial charge in [-0.3, -0.25) is 4.79 Å². The van der Waals surface area contributed by atoms with Crippen molar-refractivity contribution < 1.29 is 109 Å². The minimum absolute atomic E-state index is 0.0616. The predicted octanol–water partition coefficient (Wildman–Crippen LogP) is -1.22. The summed E-state index contributed by atoms with van der Waals surface area (Å²) in [6.45, 7) is 14.6. The molecule has 74 heavy (non-hydrogen) atoms. The summed E-state index contributed by atoms with van der Waals surface area (Å²) in [6, 6.07) is 0. The number of allylic oxidation sites excluding steroid dienone is 2. The van der Waals surface area contributed by atoms with Gasteiger partial charge in [0, 0.05) is 0 Å². The van der Waals surface area contributed by atoms with Crippen molar-refractivity contribution in [3.8, 4) is 0 Å². The molecule has 22 heteroatoms. The van der Waals surface area contributed by atoms with Gasteiger partial charge in [-0.1, -0.05) is 60.1 Å². The summed E-state index contributed by atoms with van der Waals surface area (Å²) in [7, 11) is 0. The van der Waals surface area contributed by atoms with Crippen molar-refractivity contribution in [3.05, 3.63) is 11.6 Å². The third-order valence-electron chi connectivity index (χ3n) is 20.8. The number of carboxylic acids is 1. The van der Waals surface area contributed by atoms with Crippen LogP contribution >= 0.6 is 0 Å². The molecule has 4 saturated heterocycles. The predicted molar refractivity (Wildman–Crippen MR) is 253 cm³/mol. The fraction of sp³-hybridized carbons (Fsp3) is 0.942. The highest BCUT2D eigenvalue weighted by Crippen LogP contribution is 2.76. The first-order chi connectivity index (χ1) is 34.5. The van der Waals surface area contributed by atoms with Crippen molar-refractivity contribution in [1.82, 2.24) is 0 Å². The van der Waals surface area contributed by atoms with Crippen LogP contribution in [0.5, 0.6) is 0 Å². The van der Waals surface area contributed by atoms with Crippen molar-refractivity contribution in [2.24, 2.45) is 50.2 Å². The number of aliphatic carboxylic acids is 1. The van der Waals surface area contributed by atoms with Gasteiger partial charge in [0.25, 0.3) is 0 Å². The van der Waals surface area contributed by atoms with E-state index in [4.69, 9.17) is 37.9 Å². The van der Waals surface area contributed by atoms with Crippen molar-refractivity contribution in [2.45, 2.75) is 236 Å². The summed E-state index contributed by atoms with van der Waals surface area (Å²) in [5.41, 5.74) is -2.30. The highest BCUT2D eigenvalue weighted by Gasteiger charge is 2.71. The molecule has 0 aromatic carbocycles. The highest BCUT2D eigenvalue weighted by molar-refractivity contribution is 5.77. The molecule has 0 amide bonds. The van der Waals surface area contributed by atoms with Gasteiger partial charge in [-0.2, -0.15) is 0 Å². The summed E-state index contributed by atoms with van der Waals surface area (Å²) < 4.78 is 48.1. The maximum Gasteiger partial charge on any atom is 0.310 e. The topological polar surface area (TPSA) is 354 Å². The van der Waals surface area contributed by atoms with E-state index in [1.165, 1.54) is 12.5 Å². The first-order valence-corrected chi connectivity index (χ1v) is 26.7. The SMILES string of the molecule is C[C@@H]1O[C@@H](O[C@@H]2CO[C@@H](O[C@H]3[C@H](O[C@H]4[C@H](O)C[C@]5(C)[C@H]6CC=C7[C@@H]8CC(C)(C)[C@@H](O)C[C@]8(C(=O)O)CC[C@@]7(C)[C@]6(C)CC[C@H]5C4(C)C)O[C@H](CO)[C@@H](O[C@@H]4OC[C@@H](O)[C@H](O)[C@H]4O)[C@@H]3O)[C@H](O)[C@H]2O)[C@H](O)[C@H](O)[C@H]1O. The molecular formula is C52H84O22. The van der Waals surface area contributed by atoms with Crippen molar-refractivity contribution in [3.63, 3.8) is 0 Å². The lowest BCUT2D eigenvalue weighted by molar-refractivity contribution is -0.394. The Bertz CT molecular complexity index is 2060. The van der Waals surface area contributed by atoms with Gasteiger partial charge in [0.15, 0.2) is 25.2 Å². The van der Waals surface area contributed by atoms with E-state index in [0.29, 0.717) is 32.1 Å². The fourth-order valence-electron chi connectivity index (χ4n) is 16.1. The van der Waals surface area contributed by atoms with E-state index in [9.17, 15) is 71.2 Å². The number of carbonyl (C=O) groups is 1. The van der Waals surface area contributed by atoms with E-state index in [1.807, 2.05) is 27.7 Å². The summed E-state index contributed by atoms with van der Waals surface area (Å²) >= 11 is 0. The Hall–Kier alpha value is -1.59. The number of aliphatic hydroxyl groups is 12. The molecule has 4 heterocycles. The molecule has 9 rings (SSSR count). The molecule has 13 N–H and O–H groups in total. The number of hydrogen-bond acceptors (Lipinski definition) is 21. The quantitative estimate of drug-likeness (QED) is 0.0901. The monoisotopic (exact) mass is 1060 g/mol. The van der Waals surface area contributed by atoms with Crippen LogP contribution in [0.15, 0.2) is 11.6 Å². The Labute approximate surface area is 431 Å². The fourth-order valence-corrected chi connectivity index (χ4v) is 16.1. The third kappa shape index (κ3) is 8.98. The zero-order valence-electron chi connectivity index (χ0n) is 43.7. The molecule has 0 aromatic heterocycles. The Morgan fingerprint density at radius 1 is 0.635 bits per heavy atom. The minimum Gasteiger partial charge on any atom is -0.481 e. The van der Waals surface area contributed by atoms with Gasteiger partial charge in [0.1, 0.15) is 79.4 Å². The minimum atomic E-state index is -1.92. The second-order valence-electron chi connectivity index (χ2n) is 25.6. The van der Waals surface area contributed by atoms with Crippen LogP contribution in [0.3, 0.4) is 0 Å². The van der Waals surface area contributed by atoms with E-state index in [1.54, 1.807) is 0 Å². The zero-order valence-corrected chi connectivity index (χ0v) is 43.7. The second kappa shape index (κ2) is 20.2. The molecule has 8 fully saturated rings. The first kappa shape index (κ1) is 57.1. The largest absolute Gasteiger partial charge is 0.481 e. The average molecular weight is 1060 g/mol. The van der Waals surface area contributed by atoms with Crippen LogP contribution in [0.25, 0.3) is 0 Å². The molecule has 0 unspecified atom stereocenters. The number of rotatable bonds is 10. The average Bonchev–Trinajstić information content (AvgIpc) is 3.33. The maximum atomic E-state index is 13.3. The molecule has 0 spiro atoms. The zero-order chi connectivity index (χ0) is 54.2. The Morgan fingerprint density at radius 2 is 1.27 bits per heavy atom. The Morgan fingerprint density at radius 3 is 1.93 bits per heavy atom. The van der Waals surface area contributed by atoms with E-state index < -0.39 is 176 Å². The van der Waals surface area contributed by atoms with E-state index >= 15 is 0 Å². The second-order valence-corrected chi connectivity index (χ2v) is 25.6. The first-order valence-electron chi connectivity index (χ1n) is 26.7. The van der Waals surface area contributed by atoms with Crippen molar-refractivity contribution in [1.29, 1.82) is 0 Å². The molecule has 0 radical (unpaired) electrons. The highest BCUT2D eigenvalue weighted by atomic mass is 16.8. The van der Waals surface area contributed by atoms with Crippen LogP contribution in [-0.4, -0.2) is 221 Å². The van der Waals surface area contributed by atoms with E-state index in [0.717, 1.165) is 12.8 Å². The van der Waals surface area contributed by atoms with Crippen molar-refractivity contribution >= 4 is 5.97 Å². The standard InChI is InChI=1S/C52H84O22/c1-21-31(57)34(60)37(63)44(69-21)71-27-20-68-43(36(62)33(27)59)73-40-38(64)39(72-42-35(61)32(58)25(55)19-67-42)26(18-53)70-45(40)74-41-24(54)16-49(6)28(48(41,4)5)11-12-51(8)29(49)10-9-22-23-15-47(2,3)30(56)17-52(23,46(65)66)14-13-50(22,51)7/h9,21,23-45,53-64H,10-20H2,1-8H3,(H,65,66)/t21-,23-,24+,25+,26+,27+,28-,29+,30-,31-,32-,33-,34+,35+,36+,37+,38-,39+,40+,41-,42-,43-,44-,45-,49-,50+,51+,52+/m0/s1. The van der Waals surface area contributed by atoms with Gasteiger partial charge in [-0.25, -0.2) is 0 Å². The Kier molecular flexibility index (Phi) is 15.6. The lowest BCUT2D eigenvalue weighted by atomic mass is 9.33. The summed E-state index contributed by atoms with van der Waals surface area (Å²) in [5.74, 6) is -1.10. The molecule has 424 valence electrons. The number of ether oxygens (including phenoxy) is 8. The molecule has 0 bridgehead atoms. The van der Waals surface area contributed by atoms with Crippen LogP contribution < -0.4 is 0 Å². The Balaban J connectivity index is 0.977. The molecule has 5 aliphatic carbocycles. The number of hydrogen-bond donors (Lipinski definition) is 13. The molecule has 4 aliphatic heterocycles.